The molecule has 0 saturated carbocycles. The van der Waals surface area contributed by atoms with E-state index in [4.69, 9.17) is 5.11 Å². The third-order valence-electron chi connectivity index (χ3n) is 2.61. The molecule has 1 N–H and O–H groups in total. The third-order valence-corrected chi connectivity index (χ3v) is 2.61. The SMILES string of the molecule is O=c1ncc([N+](=O)[O-])cn1Cc1ccc(CO)cc1. The molecule has 19 heavy (non-hydrogen) atoms. The molecule has 1 aromatic carbocycles. The summed E-state index contributed by atoms with van der Waals surface area (Å²) in [5.41, 5.74) is 0.776. The molecule has 1 heterocycles. The summed E-state index contributed by atoms with van der Waals surface area (Å²) in [5.74, 6) is 0. The summed E-state index contributed by atoms with van der Waals surface area (Å²) in [6, 6.07) is 6.95. The van der Waals surface area contributed by atoms with Crippen molar-refractivity contribution >= 4 is 5.69 Å². The Balaban J connectivity index is 2.29. The van der Waals surface area contributed by atoms with E-state index in [1.807, 2.05) is 0 Å². The zero-order valence-electron chi connectivity index (χ0n) is 9.89. The van der Waals surface area contributed by atoms with Crippen molar-refractivity contribution in [3.05, 3.63) is 68.4 Å². The van der Waals surface area contributed by atoms with Gasteiger partial charge in [0.25, 0.3) is 0 Å². The second-order valence-electron chi connectivity index (χ2n) is 3.95. The smallest absolute Gasteiger partial charge is 0.348 e. The van der Waals surface area contributed by atoms with E-state index in [1.54, 1.807) is 24.3 Å². The standard InChI is InChI=1S/C12H11N3O4/c16-8-10-3-1-9(2-4-10)6-14-7-11(15(18)19)5-13-12(14)17/h1-5,7,16H,6,8H2. The number of benzene rings is 1. The normalized spacial score (nSPS) is 10.4. The molecule has 0 aliphatic rings. The minimum atomic E-state index is -0.599. The summed E-state index contributed by atoms with van der Waals surface area (Å²) in [6.45, 7) is 0.137. The summed E-state index contributed by atoms with van der Waals surface area (Å²) >= 11 is 0. The number of nitro groups is 1. The second-order valence-corrected chi connectivity index (χ2v) is 3.95. The van der Waals surface area contributed by atoms with Gasteiger partial charge in [-0.25, -0.2) is 4.79 Å². The number of hydrogen-bond donors (Lipinski definition) is 1. The van der Waals surface area contributed by atoms with E-state index in [2.05, 4.69) is 4.98 Å². The highest BCUT2D eigenvalue weighted by Gasteiger charge is 2.09. The molecule has 0 spiro atoms. The van der Waals surface area contributed by atoms with Crippen molar-refractivity contribution in [2.24, 2.45) is 0 Å². The van der Waals surface area contributed by atoms with Crippen molar-refractivity contribution in [1.29, 1.82) is 0 Å². The van der Waals surface area contributed by atoms with E-state index in [9.17, 15) is 14.9 Å². The fourth-order valence-corrected chi connectivity index (χ4v) is 1.60. The molecule has 98 valence electrons. The van der Waals surface area contributed by atoms with Gasteiger partial charge < -0.3 is 5.11 Å². The lowest BCUT2D eigenvalue weighted by atomic mass is 10.1. The largest absolute Gasteiger partial charge is 0.392 e. The quantitative estimate of drug-likeness (QED) is 0.645. The van der Waals surface area contributed by atoms with Gasteiger partial charge in [-0.3, -0.25) is 14.7 Å². The lowest BCUT2D eigenvalue weighted by Gasteiger charge is -2.05. The van der Waals surface area contributed by atoms with Crippen LogP contribution < -0.4 is 5.69 Å². The number of aliphatic hydroxyl groups excluding tert-OH is 1. The lowest BCUT2D eigenvalue weighted by molar-refractivity contribution is -0.385. The van der Waals surface area contributed by atoms with Crippen molar-refractivity contribution < 1.29 is 10.0 Å². The summed E-state index contributed by atoms with van der Waals surface area (Å²) < 4.78 is 1.17. The maximum Gasteiger partial charge on any atom is 0.348 e. The van der Waals surface area contributed by atoms with Crippen molar-refractivity contribution in [2.45, 2.75) is 13.2 Å². The van der Waals surface area contributed by atoms with Crippen LogP contribution in [-0.2, 0) is 13.2 Å². The highest BCUT2D eigenvalue weighted by Crippen LogP contribution is 2.08. The number of hydrogen-bond acceptors (Lipinski definition) is 5. The molecule has 0 aliphatic carbocycles. The molecule has 0 atom stereocenters. The number of aliphatic hydroxyl groups is 1. The number of nitrogens with zero attached hydrogens (tertiary/aromatic N) is 3. The van der Waals surface area contributed by atoms with E-state index in [0.717, 1.165) is 23.5 Å². The van der Waals surface area contributed by atoms with Crippen LogP contribution in [0.2, 0.25) is 0 Å². The molecule has 0 fully saturated rings. The van der Waals surface area contributed by atoms with Crippen molar-refractivity contribution in [3.63, 3.8) is 0 Å². The van der Waals surface area contributed by atoms with Gasteiger partial charge in [-0.2, -0.15) is 4.98 Å². The van der Waals surface area contributed by atoms with Crippen LogP contribution in [0.1, 0.15) is 11.1 Å². The van der Waals surface area contributed by atoms with Crippen LogP contribution >= 0.6 is 0 Å². The van der Waals surface area contributed by atoms with E-state index in [-0.39, 0.29) is 18.8 Å². The molecular formula is C12H11N3O4. The molecule has 0 radical (unpaired) electrons. The second kappa shape index (κ2) is 5.40. The van der Waals surface area contributed by atoms with Crippen molar-refractivity contribution in [2.75, 3.05) is 0 Å². The lowest BCUT2D eigenvalue weighted by Crippen LogP contribution is -2.23. The van der Waals surface area contributed by atoms with E-state index < -0.39 is 10.6 Å². The van der Waals surface area contributed by atoms with Crippen LogP contribution in [0.25, 0.3) is 0 Å². The Morgan fingerprint density at radius 3 is 2.47 bits per heavy atom. The van der Waals surface area contributed by atoms with Crippen LogP contribution in [0.4, 0.5) is 5.69 Å². The van der Waals surface area contributed by atoms with Gasteiger partial charge in [0.1, 0.15) is 6.20 Å². The van der Waals surface area contributed by atoms with Gasteiger partial charge in [-0.05, 0) is 11.1 Å². The molecule has 0 saturated heterocycles. The topological polar surface area (TPSA) is 98.3 Å². The summed E-state index contributed by atoms with van der Waals surface area (Å²) in [6.07, 6.45) is 2.10. The van der Waals surface area contributed by atoms with Crippen LogP contribution in [0.5, 0.6) is 0 Å². The molecule has 0 amide bonds. The van der Waals surface area contributed by atoms with Crippen LogP contribution in [0, 0.1) is 10.1 Å². The minimum Gasteiger partial charge on any atom is -0.392 e. The highest BCUT2D eigenvalue weighted by molar-refractivity contribution is 5.24. The number of rotatable bonds is 4. The van der Waals surface area contributed by atoms with E-state index in [1.165, 1.54) is 4.57 Å². The first-order valence-corrected chi connectivity index (χ1v) is 5.49. The van der Waals surface area contributed by atoms with E-state index >= 15 is 0 Å². The minimum absolute atomic E-state index is 0.0570. The fourth-order valence-electron chi connectivity index (χ4n) is 1.60. The molecule has 7 heteroatoms. The first-order chi connectivity index (χ1) is 9.10. The Hall–Kier alpha value is -2.54. The predicted molar refractivity (Wildman–Crippen MR) is 66.6 cm³/mol. The third kappa shape index (κ3) is 3.02. The van der Waals surface area contributed by atoms with Gasteiger partial charge in [0.05, 0.1) is 24.3 Å². The molecule has 1 aromatic heterocycles. The van der Waals surface area contributed by atoms with Gasteiger partial charge in [-0.15, -0.1) is 0 Å². The Morgan fingerprint density at radius 2 is 1.89 bits per heavy atom. The van der Waals surface area contributed by atoms with E-state index in [0.29, 0.717) is 0 Å². The van der Waals surface area contributed by atoms with Gasteiger partial charge in [0, 0.05) is 0 Å². The monoisotopic (exact) mass is 261 g/mol. The average molecular weight is 261 g/mol. The van der Waals surface area contributed by atoms with Gasteiger partial charge >= 0.3 is 11.4 Å². The van der Waals surface area contributed by atoms with Gasteiger partial charge in [-0.1, -0.05) is 24.3 Å². The molecule has 0 unspecified atom stereocenters. The zero-order valence-corrected chi connectivity index (χ0v) is 9.89. The Kier molecular flexibility index (Phi) is 3.67. The maximum absolute atomic E-state index is 11.5. The number of aromatic nitrogens is 2. The zero-order chi connectivity index (χ0) is 13.8. The van der Waals surface area contributed by atoms with Gasteiger partial charge in [0.15, 0.2) is 0 Å². The highest BCUT2D eigenvalue weighted by atomic mass is 16.6. The van der Waals surface area contributed by atoms with Crippen LogP contribution in [0.15, 0.2) is 41.5 Å². The Bertz CT molecular complexity index is 649. The Labute approximate surface area is 107 Å². The van der Waals surface area contributed by atoms with Crippen molar-refractivity contribution in [1.82, 2.24) is 9.55 Å². The van der Waals surface area contributed by atoms with Crippen LogP contribution in [0.3, 0.4) is 0 Å². The maximum atomic E-state index is 11.5. The first kappa shape index (κ1) is 12.9. The van der Waals surface area contributed by atoms with Gasteiger partial charge in [0.2, 0.25) is 0 Å². The summed E-state index contributed by atoms with van der Waals surface area (Å²) in [4.78, 5) is 25.0. The summed E-state index contributed by atoms with van der Waals surface area (Å²) in [7, 11) is 0. The average Bonchev–Trinajstić information content (AvgIpc) is 2.42. The molecule has 2 rings (SSSR count). The molecule has 2 aromatic rings. The molecule has 0 aliphatic heterocycles. The fraction of sp³-hybridized carbons (Fsp3) is 0.167. The first-order valence-electron chi connectivity index (χ1n) is 5.49. The Morgan fingerprint density at radius 1 is 1.26 bits per heavy atom. The van der Waals surface area contributed by atoms with Crippen LogP contribution in [-0.4, -0.2) is 19.6 Å². The molecule has 0 bridgehead atoms. The summed E-state index contributed by atoms with van der Waals surface area (Å²) in [5, 5.41) is 19.5. The predicted octanol–water partition coefficient (Wildman–Crippen LogP) is 0.692. The van der Waals surface area contributed by atoms with Crippen molar-refractivity contribution in [3.8, 4) is 0 Å². The molecular weight excluding hydrogens is 250 g/mol. The molecule has 7 nitrogen and oxygen atoms in total.